The van der Waals surface area contributed by atoms with Gasteiger partial charge in [-0.2, -0.15) is 0 Å². The van der Waals surface area contributed by atoms with Gasteiger partial charge in [0, 0.05) is 0 Å². The van der Waals surface area contributed by atoms with E-state index in [2.05, 4.69) is 19.9 Å². The van der Waals surface area contributed by atoms with Crippen LogP contribution in [0.3, 0.4) is 0 Å². The number of hydrogen-bond acceptors (Lipinski definition) is 10. The highest BCUT2D eigenvalue weighted by molar-refractivity contribution is 6.04. The molecule has 0 radical (unpaired) electrons. The number of nitro groups is 4. The maximum atomic E-state index is 13.2. The Morgan fingerprint density at radius 2 is 0.615 bits per heavy atom. The Labute approximate surface area is 298 Å². The first kappa shape index (κ1) is 37.5. The van der Waals surface area contributed by atoms with Gasteiger partial charge in [-0.25, -0.2) is 9.97 Å². The quantitative estimate of drug-likeness (QED) is 0.133. The summed E-state index contributed by atoms with van der Waals surface area (Å²) in [5.41, 5.74) is 1.53. The Morgan fingerprint density at radius 3 is 0.827 bits per heavy atom. The van der Waals surface area contributed by atoms with Crippen molar-refractivity contribution in [3.63, 3.8) is 0 Å². The fraction of sp³-hybridized carbons (Fsp3) is 0.444. The van der Waals surface area contributed by atoms with Crippen LogP contribution in [-0.4, -0.2) is 39.6 Å². The van der Waals surface area contributed by atoms with Crippen molar-refractivity contribution in [1.82, 2.24) is 19.9 Å². The van der Waals surface area contributed by atoms with Crippen LogP contribution in [0.4, 0.5) is 22.7 Å². The molecule has 16 heteroatoms. The molecular formula is C36H42N8O8. The van der Waals surface area contributed by atoms with E-state index < -0.39 is 42.4 Å². The SMILES string of the molecule is CCC1=C(CC)c2nc1c([N+](=O)[O-])c1nc(c([N+](=O)[O-])c3[nH]c(c(CC)c3CC)c([N+](=O)[O-])c3[nH]c(c(CC)c3CC)c2[N+](=O)[O-])C(CC)=C1CC. The molecule has 0 saturated heterocycles. The van der Waals surface area contributed by atoms with Crippen LogP contribution in [0.1, 0.15) is 126 Å². The minimum atomic E-state index is -0.618. The molecule has 0 aliphatic carbocycles. The largest absolute Gasteiger partial charge is 0.344 e. The standard InChI is InChI=1S/C36H42N8O8/c1-9-17-18(10-2)26-34(42(47)48)28-21(13-5)22(14-6)30(39-28)36(44(51)52)32-24(16-8)23(15-7)31(40-32)35(43(49)50)29-20(12-4)19(11-3)27(38-29)33(41(45)46)25(17)37-26/h37-38H,9-16H2,1-8H3. The van der Waals surface area contributed by atoms with E-state index in [1.165, 1.54) is 0 Å². The number of rotatable bonds is 12. The number of nitrogens with one attached hydrogen (secondary N) is 2. The molecule has 2 N–H and O–H groups in total. The van der Waals surface area contributed by atoms with Crippen LogP contribution in [0, 0.1) is 40.5 Å². The van der Waals surface area contributed by atoms with E-state index >= 15 is 0 Å². The van der Waals surface area contributed by atoms with Crippen molar-refractivity contribution in [1.29, 1.82) is 0 Å². The second-order valence-corrected chi connectivity index (χ2v) is 12.4. The van der Waals surface area contributed by atoms with Crippen molar-refractivity contribution in [3.05, 3.63) is 85.5 Å². The van der Waals surface area contributed by atoms with Crippen molar-refractivity contribution < 1.29 is 19.7 Å². The average molecular weight is 715 g/mol. The molecule has 0 unspecified atom stereocenters. The van der Waals surface area contributed by atoms with Crippen LogP contribution in [0.5, 0.6) is 0 Å². The van der Waals surface area contributed by atoms with E-state index in [1.54, 1.807) is 55.4 Å². The lowest BCUT2D eigenvalue weighted by Crippen LogP contribution is -2.00. The highest BCUT2D eigenvalue weighted by atomic mass is 16.6. The summed E-state index contributed by atoms with van der Waals surface area (Å²) in [4.78, 5) is 65.9. The molecule has 274 valence electrons. The fourth-order valence-electron chi connectivity index (χ4n) is 8.08. The maximum Gasteiger partial charge on any atom is 0.320 e. The third-order valence-corrected chi connectivity index (χ3v) is 10.2. The first-order valence-electron chi connectivity index (χ1n) is 17.7. The Balaban J connectivity index is 2.38. The highest BCUT2D eigenvalue weighted by Crippen LogP contribution is 2.49. The highest BCUT2D eigenvalue weighted by Gasteiger charge is 2.39. The van der Waals surface area contributed by atoms with E-state index in [0.717, 1.165) is 0 Å². The van der Waals surface area contributed by atoms with Gasteiger partial charge in [-0.15, -0.1) is 0 Å². The first-order valence-corrected chi connectivity index (χ1v) is 17.7. The van der Waals surface area contributed by atoms with Crippen LogP contribution in [0.2, 0.25) is 0 Å². The first-order chi connectivity index (χ1) is 24.8. The molecule has 3 aromatic rings. The molecular weight excluding hydrogens is 672 g/mol. The summed E-state index contributed by atoms with van der Waals surface area (Å²) in [6, 6.07) is 0. The van der Waals surface area contributed by atoms with Gasteiger partial charge in [-0.3, -0.25) is 40.5 Å². The molecule has 3 aromatic heterocycles. The molecule has 5 rings (SSSR count). The van der Waals surface area contributed by atoms with Crippen molar-refractivity contribution in [3.8, 4) is 0 Å². The molecule has 0 atom stereocenters. The number of fused-ring (bicyclic) bond motifs is 8. The number of nitrogens with zero attached hydrogens (tertiary/aromatic N) is 6. The van der Waals surface area contributed by atoms with Crippen molar-refractivity contribution in [2.75, 3.05) is 0 Å². The predicted molar refractivity (Wildman–Crippen MR) is 200 cm³/mol. The van der Waals surface area contributed by atoms with E-state index in [4.69, 9.17) is 0 Å². The Morgan fingerprint density at radius 1 is 0.385 bits per heavy atom. The van der Waals surface area contributed by atoms with Gasteiger partial charge in [0.2, 0.25) is 0 Å². The van der Waals surface area contributed by atoms with Crippen LogP contribution in [0.25, 0.3) is 44.4 Å². The lowest BCUT2D eigenvalue weighted by atomic mass is 9.95. The van der Waals surface area contributed by atoms with Crippen LogP contribution in [0.15, 0.2) is 0 Å². The second-order valence-electron chi connectivity index (χ2n) is 12.4. The van der Waals surface area contributed by atoms with Crippen molar-refractivity contribution >= 4 is 67.1 Å². The Bertz CT molecular complexity index is 2170. The third-order valence-electron chi connectivity index (χ3n) is 10.2. The molecule has 16 nitrogen and oxygen atoms in total. The second kappa shape index (κ2) is 14.4. The normalized spacial score (nSPS) is 12.9. The van der Waals surface area contributed by atoms with Crippen LogP contribution < -0.4 is 0 Å². The predicted octanol–water partition coefficient (Wildman–Crippen LogP) is 9.66. The maximum absolute atomic E-state index is 13.2. The molecule has 0 amide bonds. The number of hydrogen-bond donors (Lipinski definition) is 2. The van der Waals surface area contributed by atoms with Gasteiger partial charge in [0.15, 0.2) is 0 Å². The number of aryl methyl sites for hydroxylation is 4. The monoisotopic (exact) mass is 714 g/mol. The minimum Gasteiger partial charge on any atom is -0.344 e. The van der Waals surface area contributed by atoms with Gasteiger partial charge in [0.1, 0.15) is 44.8 Å². The van der Waals surface area contributed by atoms with Gasteiger partial charge < -0.3 is 9.97 Å². The molecule has 8 bridgehead atoms. The summed E-state index contributed by atoms with van der Waals surface area (Å²) in [5, 5.41) is 52.7. The molecule has 2 aliphatic rings. The van der Waals surface area contributed by atoms with Crippen molar-refractivity contribution in [2.45, 2.75) is 107 Å². The third kappa shape index (κ3) is 5.52. The zero-order valence-electron chi connectivity index (χ0n) is 30.6. The van der Waals surface area contributed by atoms with E-state index in [1.807, 2.05) is 0 Å². The minimum absolute atomic E-state index is 0.0178. The summed E-state index contributed by atoms with van der Waals surface area (Å²) in [5.74, 6) is 0. The van der Waals surface area contributed by atoms with E-state index in [0.29, 0.717) is 44.5 Å². The zero-order valence-corrected chi connectivity index (χ0v) is 30.6. The molecule has 0 saturated carbocycles. The Hall–Kier alpha value is -5.80. The summed E-state index contributed by atoms with van der Waals surface area (Å²) >= 11 is 0. The van der Waals surface area contributed by atoms with Crippen molar-refractivity contribution in [2.24, 2.45) is 0 Å². The van der Waals surface area contributed by atoms with Gasteiger partial charge in [0.25, 0.3) is 0 Å². The summed E-state index contributed by atoms with van der Waals surface area (Å²) in [7, 11) is 0. The van der Waals surface area contributed by atoms with Gasteiger partial charge >= 0.3 is 22.7 Å². The zero-order chi connectivity index (χ0) is 38.3. The smallest absolute Gasteiger partial charge is 0.320 e. The molecule has 52 heavy (non-hydrogen) atoms. The molecule has 0 fully saturated rings. The molecule has 0 spiro atoms. The van der Waals surface area contributed by atoms with Gasteiger partial charge in [-0.05, 0) is 95.9 Å². The average Bonchev–Trinajstić information content (AvgIpc) is 3.84. The Kier molecular flexibility index (Phi) is 10.4. The number of allylic oxidation sites excluding steroid dienone is 4. The van der Waals surface area contributed by atoms with E-state index in [-0.39, 0.29) is 96.2 Å². The van der Waals surface area contributed by atoms with Gasteiger partial charge in [-0.1, -0.05) is 55.4 Å². The topological polar surface area (TPSA) is 230 Å². The molecule has 0 aromatic carbocycles. The van der Waals surface area contributed by atoms with Crippen LogP contribution in [-0.2, 0) is 25.7 Å². The number of aromatic amines is 2. The van der Waals surface area contributed by atoms with Gasteiger partial charge in [0.05, 0.1) is 19.7 Å². The lowest BCUT2D eigenvalue weighted by molar-refractivity contribution is -0.386. The molecule has 2 aliphatic heterocycles. The summed E-state index contributed by atoms with van der Waals surface area (Å²) < 4.78 is 0. The van der Waals surface area contributed by atoms with E-state index in [9.17, 15) is 40.5 Å². The van der Waals surface area contributed by atoms with Crippen LogP contribution >= 0.6 is 0 Å². The number of aromatic nitrogens is 4. The summed E-state index contributed by atoms with van der Waals surface area (Å²) in [6.45, 7) is 14.2. The lowest BCUT2D eigenvalue weighted by Gasteiger charge is -2.06. The fourth-order valence-corrected chi connectivity index (χ4v) is 8.08. The number of H-pyrrole nitrogens is 2. The molecule has 5 heterocycles. The summed E-state index contributed by atoms with van der Waals surface area (Å²) in [6.07, 6.45) is 1.98.